The number of rotatable bonds is 3. The zero-order valence-corrected chi connectivity index (χ0v) is 8.96. The van der Waals surface area contributed by atoms with Crippen molar-refractivity contribution in [1.82, 2.24) is 0 Å². The van der Waals surface area contributed by atoms with Gasteiger partial charge in [0.15, 0.2) is 0 Å². The number of ether oxygens (including phenoxy) is 1. The molecule has 0 amide bonds. The van der Waals surface area contributed by atoms with E-state index in [9.17, 15) is 14.9 Å². The standard InChI is InChI=1S/C11H11NO5/c13-11(14)17-10-5-4-8(12(15)16)6-9(10)7-2-1-3-7/h4-7H,1-3H2,(H,13,14). The molecule has 1 fully saturated rings. The Balaban J connectivity index is 2.36. The maximum atomic E-state index is 10.7. The molecule has 1 aliphatic rings. The van der Waals surface area contributed by atoms with Crippen molar-refractivity contribution < 1.29 is 19.6 Å². The first-order valence-electron chi connectivity index (χ1n) is 5.27. The van der Waals surface area contributed by atoms with Gasteiger partial charge in [0.1, 0.15) is 5.75 Å². The van der Waals surface area contributed by atoms with Crippen LogP contribution in [0, 0.1) is 10.1 Å². The van der Waals surface area contributed by atoms with Crippen LogP contribution in [0.2, 0.25) is 0 Å². The molecule has 0 aliphatic heterocycles. The third-order valence-electron chi connectivity index (χ3n) is 2.95. The van der Waals surface area contributed by atoms with Crippen molar-refractivity contribution in [3.05, 3.63) is 33.9 Å². The number of hydrogen-bond acceptors (Lipinski definition) is 4. The van der Waals surface area contributed by atoms with Crippen molar-refractivity contribution in [1.29, 1.82) is 0 Å². The van der Waals surface area contributed by atoms with E-state index in [1.807, 2.05) is 0 Å². The molecule has 6 nitrogen and oxygen atoms in total. The second kappa shape index (κ2) is 4.40. The van der Waals surface area contributed by atoms with Crippen molar-refractivity contribution in [2.24, 2.45) is 0 Å². The molecule has 1 N–H and O–H groups in total. The van der Waals surface area contributed by atoms with E-state index >= 15 is 0 Å². The van der Waals surface area contributed by atoms with E-state index < -0.39 is 11.1 Å². The van der Waals surface area contributed by atoms with Crippen LogP contribution < -0.4 is 4.74 Å². The number of carbonyl (C=O) groups is 1. The molecular formula is C11H11NO5. The van der Waals surface area contributed by atoms with Gasteiger partial charge in [0.25, 0.3) is 5.69 Å². The molecule has 1 saturated carbocycles. The second-order valence-corrected chi connectivity index (χ2v) is 3.98. The van der Waals surface area contributed by atoms with E-state index in [1.54, 1.807) is 0 Å². The topological polar surface area (TPSA) is 89.7 Å². The number of nitro benzene ring substituents is 1. The Morgan fingerprint density at radius 3 is 2.65 bits per heavy atom. The number of benzene rings is 1. The fraction of sp³-hybridized carbons (Fsp3) is 0.364. The van der Waals surface area contributed by atoms with E-state index in [1.165, 1.54) is 18.2 Å². The average Bonchev–Trinajstić information content (AvgIpc) is 2.16. The van der Waals surface area contributed by atoms with E-state index in [0.29, 0.717) is 5.56 Å². The highest BCUT2D eigenvalue weighted by Gasteiger charge is 2.26. The molecule has 0 saturated heterocycles. The van der Waals surface area contributed by atoms with Gasteiger partial charge < -0.3 is 9.84 Å². The smallest absolute Gasteiger partial charge is 0.449 e. The zero-order chi connectivity index (χ0) is 12.4. The predicted octanol–water partition coefficient (Wildman–Crippen LogP) is 2.92. The Bertz CT molecular complexity index is 467. The summed E-state index contributed by atoms with van der Waals surface area (Å²) < 4.78 is 4.63. The van der Waals surface area contributed by atoms with Crippen LogP contribution in [0.3, 0.4) is 0 Å². The van der Waals surface area contributed by atoms with Crippen LogP contribution in [-0.4, -0.2) is 16.2 Å². The van der Waals surface area contributed by atoms with Crippen molar-refractivity contribution in [2.75, 3.05) is 0 Å². The van der Waals surface area contributed by atoms with Gasteiger partial charge >= 0.3 is 6.16 Å². The third kappa shape index (κ3) is 2.35. The third-order valence-corrected chi connectivity index (χ3v) is 2.95. The molecule has 2 rings (SSSR count). The van der Waals surface area contributed by atoms with Gasteiger partial charge in [0.2, 0.25) is 0 Å². The van der Waals surface area contributed by atoms with Crippen LogP contribution >= 0.6 is 0 Å². The summed E-state index contributed by atoms with van der Waals surface area (Å²) in [6.45, 7) is 0. The molecule has 0 unspecified atom stereocenters. The lowest BCUT2D eigenvalue weighted by Crippen LogP contribution is -2.13. The lowest BCUT2D eigenvalue weighted by atomic mass is 9.79. The molecular weight excluding hydrogens is 226 g/mol. The molecule has 0 heterocycles. The van der Waals surface area contributed by atoms with Crippen LogP contribution in [0.15, 0.2) is 18.2 Å². The Kier molecular flexibility index (Phi) is 2.95. The number of hydrogen-bond donors (Lipinski definition) is 1. The van der Waals surface area contributed by atoms with E-state index in [-0.39, 0.29) is 17.4 Å². The summed E-state index contributed by atoms with van der Waals surface area (Å²) in [6.07, 6.45) is 1.48. The van der Waals surface area contributed by atoms with E-state index in [0.717, 1.165) is 19.3 Å². The normalized spacial score (nSPS) is 15.1. The van der Waals surface area contributed by atoms with Crippen LogP contribution in [0.5, 0.6) is 5.75 Å². The summed E-state index contributed by atoms with van der Waals surface area (Å²) in [4.78, 5) is 20.7. The molecule has 90 valence electrons. The largest absolute Gasteiger partial charge is 0.511 e. The van der Waals surface area contributed by atoms with Crippen molar-refractivity contribution in [2.45, 2.75) is 25.2 Å². The van der Waals surface area contributed by atoms with Crippen LogP contribution in [-0.2, 0) is 0 Å². The molecule has 0 atom stereocenters. The van der Waals surface area contributed by atoms with Gasteiger partial charge in [0, 0.05) is 17.7 Å². The van der Waals surface area contributed by atoms with Crippen molar-refractivity contribution in [3.63, 3.8) is 0 Å². The molecule has 0 aromatic heterocycles. The minimum atomic E-state index is -1.40. The fourth-order valence-electron chi connectivity index (χ4n) is 1.87. The monoisotopic (exact) mass is 237 g/mol. The van der Waals surface area contributed by atoms with Gasteiger partial charge in [-0.2, -0.15) is 0 Å². The number of nitrogens with zero attached hydrogens (tertiary/aromatic N) is 1. The molecule has 0 spiro atoms. The van der Waals surface area contributed by atoms with Crippen molar-refractivity contribution >= 4 is 11.8 Å². The summed E-state index contributed by atoms with van der Waals surface area (Å²) in [5, 5.41) is 19.3. The Morgan fingerprint density at radius 2 is 2.18 bits per heavy atom. The molecule has 0 bridgehead atoms. The van der Waals surface area contributed by atoms with Gasteiger partial charge in [-0.1, -0.05) is 6.42 Å². The first kappa shape index (κ1) is 11.4. The Morgan fingerprint density at radius 1 is 1.47 bits per heavy atom. The van der Waals surface area contributed by atoms with Crippen molar-refractivity contribution in [3.8, 4) is 5.75 Å². The molecule has 1 aliphatic carbocycles. The number of non-ortho nitro benzene ring substituents is 1. The SMILES string of the molecule is O=C(O)Oc1ccc([N+](=O)[O-])cc1C1CCC1. The summed E-state index contributed by atoms with van der Waals surface area (Å²) in [6, 6.07) is 4.00. The lowest BCUT2D eigenvalue weighted by molar-refractivity contribution is -0.385. The summed E-state index contributed by atoms with van der Waals surface area (Å²) in [5.41, 5.74) is 0.581. The minimum absolute atomic E-state index is 0.0374. The first-order valence-corrected chi connectivity index (χ1v) is 5.27. The molecule has 0 radical (unpaired) electrons. The van der Waals surface area contributed by atoms with E-state index in [4.69, 9.17) is 5.11 Å². The first-order chi connectivity index (χ1) is 8.08. The maximum Gasteiger partial charge on any atom is 0.511 e. The molecule has 17 heavy (non-hydrogen) atoms. The maximum absolute atomic E-state index is 10.7. The minimum Gasteiger partial charge on any atom is -0.449 e. The second-order valence-electron chi connectivity index (χ2n) is 3.98. The van der Waals surface area contributed by atoms with E-state index in [2.05, 4.69) is 4.74 Å². The Hall–Kier alpha value is -2.11. The van der Waals surface area contributed by atoms with Crippen LogP contribution in [0.25, 0.3) is 0 Å². The van der Waals surface area contributed by atoms with Gasteiger partial charge in [-0.05, 0) is 24.8 Å². The average molecular weight is 237 g/mol. The fourth-order valence-corrected chi connectivity index (χ4v) is 1.87. The van der Waals surface area contributed by atoms with Crippen LogP contribution in [0.4, 0.5) is 10.5 Å². The summed E-state index contributed by atoms with van der Waals surface area (Å²) >= 11 is 0. The van der Waals surface area contributed by atoms with Gasteiger partial charge in [-0.3, -0.25) is 10.1 Å². The quantitative estimate of drug-likeness (QED) is 0.378. The molecule has 1 aromatic rings. The highest BCUT2D eigenvalue weighted by Crippen LogP contribution is 2.42. The summed E-state index contributed by atoms with van der Waals surface area (Å²) in [5.74, 6) is 0.372. The predicted molar refractivity (Wildman–Crippen MR) is 58.3 cm³/mol. The lowest BCUT2D eigenvalue weighted by Gasteiger charge is -2.26. The zero-order valence-electron chi connectivity index (χ0n) is 8.96. The summed E-state index contributed by atoms with van der Waals surface area (Å²) in [7, 11) is 0. The highest BCUT2D eigenvalue weighted by atomic mass is 16.7. The number of carboxylic acid groups (broad SMARTS) is 1. The van der Waals surface area contributed by atoms with Gasteiger partial charge in [-0.25, -0.2) is 4.79 Å². The molecule has 1 aromatic carbocycles. The van der Waals surface area contributed by atoms with Gasteiger partial charge in [0.05, 0.1) is 4.92 Å². The molecule has 6 heteroatoms. The Labute approximate surface area is 97.0 Å². The van der Waals surface area contributed by atoms with Crippen LogP contribution in [0.1, 0.15) is 30.7 Å². The highest BCUT2D eigenvalue weighted by molar-refractivity contribution is 5.63. The van der Waals surface area contributed by atoms with Gasteiger partial charge in [-0.15, -0.1) is 0 Å². The number of nitro groups is 1.